The van der Waals surface area contributed by atoms with Crippen molar-refractivity contribution in [1.29, 1.82) is 0 Å². The SMILES string of the molecule is CC[C@H](C)[C@H](NC(=O)[C@@H](NC(=O)[C@H](C)NC(=O)[C@@H](NC(=O)[C@@H](N)CO)[C@@H](C)O)[C@@H](C)O)C(=O)N[C@@H](CO)C(=O)NCC(=O)N[C@@H](CC(C)C)C(=O)N[C@@H](CCCCN)C(=O)N1CCC[C@H]1C(=O)NCC(=O)N[C@H](C(=O)N[C@@H](CC(=O)O)C(=O)N[C@@H](Cc1ccc(O)cc1)C(=O)N[C@H](C(=O)N[C@H](C(=O)N[C@H](C(=O)N[C@H](C(=O)N[C@@H](Cc1ccc(O)cc1)C(=O)N[C@@H](C)C(=O)O)C(C)C)[C@@H](C)O)[C@@H](C)CC)[C@@H](C)O)C(C)C. The monoisotopic (exact) mass is 2060 g/mol. The van der Waals surface area contributed by atoms with Crippen molar-refractivity contribution in [2.75, 3.05) is 39.4 Å². The van der Waals surface area contributed by atoms with Gasteiger partial charge in [0.15, 0.2) is 0 Å². The van der Waals surface area contributed by atoms with E-state index < -0.39 is 320 Å². The van der Waals surface area contributed by atoms with Crippen LogP contribution in [-0.2, 0) is 114 Å². The van der Waals surface area contributed by atoms with Crippen molar-refractivity contribution in [3.63, 3.8) is 0 Å². The number of rotatable bonds is 62. The molecule has 0 bridgehead atoms. The quantitative estimate of drug-likeness (QED) is 0.0274. The van der Waals surface area contributed by atoms with Gasteiger partial charge in [-0.25, -0.2) is 0 Å². The molecule has 3 rings (SSSR count). The molecule has 24 atom stereocenters. The van der Waals surface area contributed by atoms with Crippen LogP contribution in [0.4, 0.5) is 0 Å². The summed E-state index contributed by atoms with van der Waals surface area (Å²) < 4.78 is 0. The highest BCUT2D eigenvalue weighted by atomic mass is 16.4. The number of phenols is 2. The molecule has 52 nitrogen and oxygen atoms in total. The molecule has 0 radical (unpaired) electrons. The summed E-state index contributed by atoms with van der Waals surface area (Å²) in [5.41, 5.74) is 12.0. The van der Waals surface area contributed by atoms with Crippen LogP contribution < -0.4 is 107 Å². The van der Waals surface area contributed by atoms with E-state index in [9.17, 15) is 152 Å². The third-order valence-corrected chi connectivity index (χ3v) is 23.8. The number of nitrogens with one attached hydrogen (secondary N) is 18. The number of carbonyl (C=O) groups excluding carboxylic acids is 19. The van der Waals surface area contributed by atoms with Gasteiger partial charge in [-0.15, -0.1) is 0 Å². The minimum atomic E-state index is -2.07. The Morgan fingerprint density at radius 1 is 0.379 bits per heavy atom. The largest absolute Gasteiger partial charge is 0.508 e. The molecule has 52 heteroatoms. The lowest BCUT2D eigenvalue weighted by molar-refractivity contribution is -0.142. The number of benzene rings is 2. The maximum Gasteiger partial charge on any atom is 0.325 e. The molecule has 0 spiro atoms. The zero-order valence-electron chi connectivity index (χ0n) is 84.4. The molecule has 0 aromatic heterocycles. The number of aliphatic hydroxyl groups is 6. The Labute approximate surface area is 839 Å². The minimum Gasteiger partial charge on any atom is -0.508 e. The van der Waals surface area contributed by atoms with Crippen LogP contribution in [0.2, 0.25) is 0 Å². The molecular weight excluding hydrogens is 1910 g/mol. The van der Waals surface area contributed by atoms with Gasteiger partial charge in [-0.05, 0) is 152 Å². The van der Waals surface area contributed by atoms with E-state index in [4.69, 9.17) is 11.5 Å². The van der Waals surface area contributed by atoms with E-state index in [1.807, 2.05) is 0 Å². The smallest absolute Gasteiger partial charge is 0.325 e. The first-order valence-corrected chi connectivity index (χ1v) is 48.0. The Morgan fingerprint density at radius 3 is 1.17 bits per heavy atom. The van der Waals surface area contributed by atoms with E-state index in [2.05, 4.69) is 95.7 Å². The van der Waals surface area contributed by atoms with Crippen LogP contribution in [0.25, 0.3) is 0 Å². The van der Waals surface area contributed by atoms with Crippen molar-refractivity contribution in [3.8, 4) is 11.5 Å². The molecule has 0 saturated carbocycles. The van der Waals surface area contributed by atoms with Crippen molar-refractivity contribution in [3.05, 3.63) is 59.7 Å². The molecule has 0 unspecified atom stereocenters. The van der Waals surface area contributed by atoms with Gasteiger partial charge >= 0.3 is 11.9 Å². The second-order valence-corrected chi connectivity index (χ2v) is 37.2. The normalized spacial score (nSPS) is 17.2. The van der Waals surface area contributed by atoms with Gasteiger partial charge in [-0.3, -0.25) is 101 Å². The number of carbonyl (C=O) groups is 21. The van der Waals surface area contributed by atoms with Gasteiger partial charge in [-0.2, -0.15) is 0 Å². The summed E-state index contributed by atoms with van der Waals surface area (Å²) in [6, 6.07) is -18.6. The summed E-state index contributed by atoms with van der Waals surface area (Å²) in [4.78, 5) is 290. The number of amides is 19. The molecule has 2 aromatic carbocycles. The summed E-state index contributed by atoms with van der Waals surface area (Å²) in [6.45, 7) is 19.0. The second kappa shape index (κ2) is 61.7. The minimum absolute atomic E-state index is 0.0325. The highest BCUT2D eigenvalue weighted by Crippen LogP contribution is 2.23. The average Bonchev–Trinajstić information content (AvgIpc) is 1.62. The van der Waals surface area contributed by atoms with Gasteiger partial charge in [0.05, 0.1) is 57.1 Å². The number of nitrogens with two attached hydrogens (primary N) is 2. The second-order valence-electron chi connectivity index (χ2n) is 37.2. The maximum absolute atomic E-state index is 14.7. The molecule has 2 aromatic rings. The Hall–Kier alpha value is -13.4. The number of hydrogen-bond donors (Lipinski definition) is 30. The zero-order valence-corrected chi connectivity index (χ0v) is 84.4. The number of aliphatic carboxylic acids is 2. The standard InChI is InChI=1S/C93H149N21O31/c1-17-45(9)70(108-90(141)73(50(14)118)110-76(127)47(11)98-88(139)72(49(13)117)111-77(128)57(95)40-115)86(137)105-63(41-116)78(129)96-38-65(123)100-59(34-42(3)4)80(131)101-58(22-19-20-32-94)92(143)114-33-21-23-64(114)83(134)97-39-66(124)106-68(43(5)6)84(135)104-62(37-67(125)126)81(132)102-61(36-54-26-30-56(122)31-27-54)82(133)112-74(51(15)119)91(142)109-71(46(10)18-2)87(138)113-75(52(16)120)89(140)107-69(44(7)8)85(136)103-60(79(130)99-48(12)93(144)145)35-53-24-28-55(121)29-25-53/h24-31,42-52,57-64,68-75,115-122H,17-23,32-41,94-95H2,1-16H3,(H,96,129)(H,97,134)(H,98,139)(H,99,130)(H,100,123)(H,101,131)(H,102,132)(H,103,136)(H,104,135)(H,105,137)(H,106,124)(H,107,140)(H,108,141)(H,109,142)(H,110,127)(H,111,128)(H,112,133)(H,113,138)(H,125,126)(H,144,145)/t45-,46-,47-,48-,49+,50+,51+,52+,57-,58-,59-,60-,61-,62-,63-,64-,68-,69-,70-,71-,72-,73-,74-,75-/m0/s1. The van der Waals surface area contributed by atoms with E-state index in [1.54, 1.807) is 27.7 Å². The van der Waals surface area contributed by atoms with Gasteiger partial charge in [0, 0.05) is 19.4 Å². The molecular formula is C93H149N21O31. The summed E-state index contributed by atoms with van der Waals surface area (Å²) in [6.07, 6.45) is -7.51. The van der Waals surface area contributed by atoms with Crippen molar-refractivity contribution in [2.24, 2.45) is 41.1 Å². The fraction of sp³-hybridized carbons (Fsp3) is 0.645. The summed E-state index contributed by atoms with van der Waals surface area (Å²) in [5.74, 6) is -27.0. The van der Waals surface area contributed by atoms with E-state index in [-0.39, 0.29) is 87.4 Å². The Balaban J connectivity index is 1.80. The first-order chi connectivity index (χ1) is 67.9. The first-order valence-electron chi connectivity index (χ1n) is 48.0. The molecule has 812 valence electrons. The fourth-order valence-electron chi connectivity index (χ4n) is 14.7. The highest BCUT2D eigenvalue weighted by Gasteiger charge is 2.44. The van der Waals surface area contributed by atoms with Crippen LogP contribution in [0, 0.1) is 29.6 Å². The summed E-state index contributed by atoms with van der Waals surface area (Å²) in [5, 5.41) is 145. The number of aliphatic hydroxyl groups excluding tert-OH is 6. The lowest BCUT2D eigenvalue weighted by Crippen LogP contribution is -2.64. The highest BCUT2D eigenvalue weighted by molar-refractivity contribution is 6.03. The predicted octanol–water partition coefficient (Wildman–Crippen LogP) is -9.12. The molecule has 1 aliphatic heterocycles. The number of hydrogen-bond acceptors (Lipinski definition) is 31. The van der Waals surface area contributed by atoms with Gasteiger partial charge in [0.1, 0.15) is 120 Å². The maximum atomic E-state index is 14.7. The number of phenolic OH excluding ortho intramolecular Hbond substituents is 2. The molecule has 1 fully saturated rings. The van der Waals surface area contributed by atoms with Crippen LogP contribution in [0.5, 0.6) is 11.5 Å². The van der Waals surface area contributed by atoms with Gasteiger partial charge in [-0.1, -0.05) is 106 Å². The molecule has 1 aliphatic rings. The number of carboxylic acids is 2. The first kappa shape index (κ1) is 126. The molecule has 0 aliphatic carbocycles. The topological polar surface area (TPSA) is 833 Å². The van der Waals surface area contributed by atoms with E-state index in [0.29, 0.717) is 12.0 Å². The van der Waals surface area contributed by atoms with Gasteiger partial charge < -0.3 is 163 Å². The van der Waals surface area contributed by atoms with Crippen LogP contribution in [0.15, 0.2) is 48.5 Å². The fourth-order valence-corrected chi connectivity index (χ4v) is 14.7. The molecule has 145 heavy (non-hydrogen) atoms. The van der Waals surface area contributed by atoms with E-state index >= 15 is 0 Å². The number of unbranched alkanes of at least 4 members (excludes halogenated alkanes) is 1. The summed E-state index contributed by atoms with van der Waals surface area (Å²) in [7, 11) is 0. The van der Waals surface area contributed by atoms with Crippen LogP contribution in [0.1, 0.15) is 180 Å². The van der Waals surface area contributed by atoms with Crippen molar-refractivity contribution in [2.45, 2.75) is 315 Å². The predicted molar refractivity (Wildman–Crippen MR) is 516 cm³/mol. The Kier molecular flexibility index (Phi) is 53.5. The Bertz CT molecular complexity index is 4740. The lowest BCUT2D eigenvalue weighted by atomic mass is 9.96. The number of likely N-dealkylation sites (tertiary alicyclic amines) is 1. The molecule has 1 heterocycles. The van der Waals surface area contributed by atoms with Crippen LogP contribution in [-0.4, -0.2) is 353 Å². The third-order valence-electron chi connectivity index (χ3n) is 23.8. The van der Waals surface area contributed by atoms with Crippen molar-refractivity contribution in [1.82, 2.24) is 101 Å². The average molecular weight is 2060 g/mol. The van der Waals surface area contributed by atoms with Gasteiger partial charge in [0.2, 0.25) is 112 Å². The third kappa shape index (κ3) is 41.7. The van der Waals surface area contributed by atoms with Crippen LogP contribution >= 0.6 is 0 Å². The summed E-state index contributed by atoms with van der Waals surface area (Å²) >= 11 is 0. The molecule has 1 saturated heterocycles. The number of nitrogens with zero attached hydrogens (tertiary/aromatic N) is 1. The van der Waals surface area contributed by atoms with Gasteiger partial charge in [0.25, 0.3) is 0 Å². The molecule has 32 N–H and O–H groups in total. The van der Waals surface area contributed by atoms with Crippen LogP contribution in [0.3, 0.4) is 0 Å². The Morgan fingerprint density at radius 2 is 0.738 bits per heavy atom. The number of carboxylic acid groups (broad SMARTS) is 2. The molecule has 19 amide bonds. The van der Waals surface area contributed by atoms with Crippen molar-refractivity contribution < 1.29 is 152 Å². The van der Waals surface area contributed by atoms with Crippen molar-refractivity contribution >= 4 is 124 Å². The lowest BCUT2D eigenvalue weighted by Gasteiger charge is -2.31. The zero-order chi connectivity index (χ0) is 110. The van der Waals surface area contributed by atoms with E-state index in [1.165, 1.54) is 102 Å². The van der Waals surface area contributed by atoms with E-state index in [0.717, 1.165) is 34.6 Å². The number of aromatic hydroxyl groups is 2.